The molecule has 0 saturated heterocycles. The van der Waals surface area contributed by atoms with Crippen LogP contribution < -0.4 is 5.32 Å². The minimum atomic E-state index is -1.23. The lowest BCUT2D eigenvalue weighted by Crippen LogP contribution is -2.55. The number of likely N-dealkylation sites (N-methyl/N-ethyl adjacent to an activating group) is 1. The molecule has 0 radical (unpaired) electrons. The van der Waals surface area contributed by atoms with Gasteiger partial charge in [0.25, 0.3) is 0 Å². The molecule has 0 fully saturated rings. The zero-order chi connectivity index (χ0) is 14.0. The quantitative estimate of drug-likeness (QED) is 0.669. The Morgan fingerprint density at radius 2 is 2.42 bits per heavy atom. The highest BCUT2D eigenvalue weighted by Gasteiger charge is 2.45. The Hall–Kier alpha value is -1.89. The zero-order valence-electron chi connectivity index (χ0n) is 10.4. The SMILES string of the molecule is COC(=O)C1(Nc2nc(Cl)ncc2F)CC=CN1C. The minimum Gasteiger partial charge on any atom is -0.466 e. The van der Waals surface area contributed by atoms with Crippen LogP contribution in [0.15, 0.2) is 18.5 Å². The molecule has 2 rings (SSSR count). The van der Waals surface area contributed by atoms with Crippen LogP contribution >= 0.6 is 11.6 Å². The summed E-state index contributed by atoms with van der Waals surface area (Å²) in [5.41, 5.74) is -1.23. The van der Waals surface area contributed by atoms with E-state index >= 15 is 0 Å². The molecule has 1 aliphatic rings. The first-order chi connectivity index (χ1) is 8.99. The smallest absolute Gasteiger partial charge is 0.353 e. The Morgan fingerprint density at radius 3 is 3.00 bits per heavy atom. The summed E-state index contributed by atoms with van der Waals surface area (Å²) in [4.78, 5) is 20.8. The standard InChI is InChI=1S/C11H12ClFN4O2/c1-17-5-3-4-11(17,9(18)19-2)16-8-7(13)6-14-10(12)15-8/h3,5-6H,4H2,1-2H3,(H,14,15,16). The van der Waals surface area contributed by atoms with Gasteiger partial charge in [0, 0.05) is 13.5 Å². The normalized spacial score (nSPS) is 21.6. The molecular weight excluding hydrogens is 275 g/mol. The second-order valence-electron chi connectivity index (χ2n) is 4.01. The van der Waals surface area contributed by atoms with E-state index in [9.17, 15) is 9.18 Å². The summed E-state index contributed by atoms with van der Waals surface area (Å²) in [5.74, 6) is -1.40. The number of nitrogens with zero attached hydrogens (tertiary/aromatic N) is 3. The van der Waals surface area contributed by atoms with Gasteiger partial charge >= 0.3 is 5.97 Å². The highest BCUT2D eigenvalue weighted by Crippen LogP contribution is 2.29. The number of esters is 1. The van der Waals surface area contributed by atoms with E-state index < -0.39 is 17.4 Å². The van der Waals surface area contributed by atoms with Crippen molar-refractivity contribution in [3.8, 4) is 0 Å². The Morgan fingerprint density at radius 1 is 1.68 bits per heavy atom. The Bertz CT molecular complexity index is 539. The predicted octanol–water partition coefficient (Wildman–Crippen LogP) is 1.40. The van der Waals surface area contributed by atoms with Crippen LogP contribution in [0, 0.1) is 5.82 Å². The van der Waals surface area contributed by atoms with Gasteiger partial charge in [0.1, 0.15) is 0 Å². The zero-order valence-corrected chi connectivity index (χ0v) is 11.1. The van der Waals surface area contributed by atoms with Gasteiger partial charge in [-0.3, -0.25) is 0 Å². The van der Waals surface area contributed by atoms with E-state index in [2.05, 4.69) is 15.3 Å². The van der Waals surface area contributed by atoms with Crippen LogP contribution in [0.3, 0.4) is 0 Å². The lowest BCUT2D eigenvalue weighted by atomic mass is 10.1. The molecule has 0 spiro atoms. The molecule has 0 bridgehead atoms. The third kappa shape index (κ3) is 2.33. The van der Waals surface area contributed by atoms with Crippen molar-refractivity contribution in [2.45, 2.75) is 12.1 Å². The molecule has 2 heterocycles. The molecular formula is C11H12ClFN4O2. The third-order valence-corrected chi connectivity index (χ3v) is 3.09. The Balaban J connectivity index is 2.37. The number of ether oxygens (including phenoxy) is 1. The monoisotopic (exact) mass is 286 g/mol. The molecule has 1 unspecified atom stereocenters. The largest absolute Gasteiger partial charge is 0.466 e. The first-order valence-corrected chi connectivity index (χ1v) is 5.81. The number of anilines is 1. The molecule has 6 nitrogen and oxygen atoms in total. The van der Waals surface area contributed by atoms with E-state index in [4.69, 9.17) is 16.3 Å². The van der Waals surface area contributed by atoms with Crippen molar-refractivity contribution in [1.82, 2.24) is 14.9 Å². The van der Waals surface area contributed by atoms with Gasteiger partial charge in [-0.15, -0.1) is 0 Å². The van der Waals surface area contributed by atoms with Crippen LogP contribution in [0.2, 0.25) is 5.28 Å². The highest BCUT2D eigenvalue weighted by molar-refractivity contribution is 6.28. The van der Waals surface area contributed by atoms with Gasteiger partial charge in [-0.25, -0.2) is 14.2 Å². The Labute approximate surface area is 114 Å². The van der Waals surface area contributed by atoms with Crippen molar-refractivity contribution in [1.29, 1.82) is 0 Å². The van der Waals surface area contributed by atoms with Gasteiger partial charge in [0.2, 0.25) is 10.9 Å². The average molecular weight is 287 g/mol. The van der Waals surface area contributed by atoms with Crippen molar-refractivity contribution in [2.24, 2.45) is 0 Å². The summed E-state index contributed by atoms with van der Waals surface area (Å²) in [6, 6.07) is 0. The lowest BCUT2D eigenvalue weighted by molar-refractivity contribution is -0.150. The molecule has 0 amide bonds. The van der Waals surface area contributed by atoms with E-state index in [-0.39, 0.29) is 11.1 Å². The molecule has 1 atom stereocenters. The van der Waals surface area contributed by atoms with E-state index in [1.54, 1.807) is 24.2 Å². The summed E-state index contributed by atoms with van der Waals surface area (Å²) in [6.07, 6.45) is 4.72. The molecule has 1 aliphatic heterocycles. The van der Waals surface area contributed by atoms with Gasteiger partial charge in [-0.05, 0) is 17.8 Å². The summed E-state index contributed by atoms with van der Waals surface area (Å²) >= 11 is 5.62. The predicted molar refractivity (Wildman–Crippen MR) is 66.9 cm³/mol. The summed E-state index contributed by atoms with van der Waals surface area (Å²) < 4.78 is 18.4. The van der Waals surface area contributed by atoms with Gasteiger partial charge in [0.15, 0.2) is 11.6 Å². The van der Waals surface area contributed by atoms with E-state index in [1.165, 1.54) is 7.11 Å². The van der Waals surface area contributed by atoms with Gasteiger partial charge < -0.3 is 15.0 Å². The molecule has 1 aromatic rings. The first-order valence-electron chi connectivity index (χ1n) is 5.44. The Kier molecular flexibility index (Phi) is 3.57. The fourth-order valence-corrected chi connectivity index (χ4v) is 2.00. The van der Waals surface area contributed by atoms with Crippen molar-refractivity contribution in [2.75, 3.05) is 19.5 Å². The molecule has 19 heavy (non-hydrogen) atoms. The van der Waals surface area contributed by atoms with Crippen molar-refractivity contribution in [3.63, 3.8) is 0 Å². The van der Waals surface area contributed by atoms with Crippen molar-refractivity contribution < 1.29 is 13.9 Å². The topological polar surface area (TPSA) is 67.3 Å². The van der Waals surface area contributed by atoms with Gasteiger partial charge in [-0.1, -0.05) is 6.08 Å². The average Bonchev–Trinajstić information content (AvgIpc) is 2.75. The number of hydrogen-bond acceptors (Lipinski definition) is 6. The molecule has 8 heteroatoms. The minimum absolute atomic E-state index is 0.113. The maximum Gasteiger partial charge on any atom is 0.353 e. The number of rotatable bonds is 3. The van der Waals surface area contributed by atoms with Crippen LogP contribution in [0.25, 0.3) is 0 Å². The number of carbonyl (C=O) groups excluding carboxylic acids is 1. The van der Waals surface area contributed by atoms with Crippen LogP contribution in [-0.2, 0) is 9.53 Å². The molecule has 0 saturated carbocycles. The number of hydrogen-bond donors (Lipinski definition) is 1. The van der Waals surface area contributed by atoms with Crippen LogP contribution in [0.1, 0.15) is 6.42 Å². The number of nitrogens with one attached hydrogen (secondary N) is 1. The van der Waals surface area contributed by atoms with Gasteiger partial charge in [0.05, 0.1) is 13.3 Å². The maximum absolute atomic E-state index is 13.7. The van der Waals surface area contributed by atoms with E-state index in [0.717, 1.165) is 6.20 Å². The number of carbonyl (C=O) groups is 1. The van der Waals surface area contributed by atoms with Crippen molar-refractivity contribution in [3.05, 3.63) is 29.6 Å². The fourth-order valence-electron chi connectivity index (χ4n) is 1.87. The van der Waals surface area contributed by atoms with Crippen LogP contribution in [0.5, 0.6) is 0 Å². The highest BCUT2D eigenvalue weighted by atomic mass is 35.5. The van der Waals surface area contributed by atoms with E-state index in [0.29, 0.717) is 6.42 Å². The van der Waals surface area contributed by atoms with E-state index in [1.807, 2.05) is 0 Å². The molecule has 0 aliphatic carbocycles. The lowest BCUT2D eigenvalue weighted by Gasteiger charge is -2.35. The molecule has 1 aromatic heterocycles. The van der Waals surface area contributed by atoms with Gasteiger partial charge in [-0.2, -0.15) is 4.98 Å². The van der Waals surface area contributed by atoms with Crippen molar-refractivity contribution >= 4 is 23.4 Å². The fraction of sp³-hybridized carbons (Fsp3) is 0.364. The van der Waals surface area contributed by atoms with Crippen LogP contribution in [-0.4, -0.2) is 40.7 Å². The summed E-state index contributed by atoms with van der Waals surface area (Å²) in [6.45, 7) is 0. The second kappa shape index (κ2) is 5.00. The summed E-state index contributed by atoms with van der Waals surface area (Å²) in [7, 11) is 2.94. The number of methoxy groups -OCH3 is 1. The summed E-state index contributed by atoms with van der Waals surface area (Å²) in [5, 5.41) is 2.63. The number of aromatic nitrogens is 2. The number of halogens is 2. The first kappa shape index (κ1) is 13.5. The molecule has 0 aromatic carbocycles. The van der Waals surface area contributed by atoms with Crippen LogP contribution in [0.4, 0.5) is 10.2 Å². The molecule has 102 valence electrons. The third-order valence-electron chi connectivity index (χ3n) is 2.91. The second-order valence-corrected chi connectivity index (χ2v) is 4.35. The maximum atomic E-state index is 13.7. The molecule has 1 N–H and O–H groups in total.